The van der Waals surface area contributed by atoms with Crippen molar-refractivity contribution in [2.75, 3.05) is 31.2 Å². The lowest BCUT2D eigenvalue weighted by atomic mass is 10.0. The average Bonchev–Trinajstić information content (AvgIpc) is 2.97. The van der Waals surface area contributed by atoms with Gasteiger partial charge < -0.3 is 30.9 Å². The van der Waals surface area contributed by atoms with Crippen LogP contribution in [0.1, 0.15) is 44.7 Å². The first kappa shape index (κ1) is 31.8. The highest BCUT2D eigenvalue weighted by Gasteiger charge is 2.38. The van der Waals surface area contributed by atoms with Gasteiger partial charge in [-0.05, 0) is 36.0 Å². The summed E-state index contributed by atoms with van der Waals surface area (Å²) >= 11 is 0. The number of ether oxygens (including phenoxy) is 1. The Morgan fingerprint density at radius 2 is 1.61 bits per heavy atom. The van der Waals surface area contributed by atoms with Gasteiger partial charge in [0.05, 0.1) is 24.4 Å². The Morgan fingerprint density at radius 3 is 2.27 bits per heavy atom. The fourth-order valence-electron chi connectivity index (χ4n) is 4.95. The predicted molar refractivity (Wildman–Crippen MR) is 162 cm³/mol. The van der Waals surface area contributed by atoms with Gasteiger partial charge in [0.25, 0.3) is 5.91 Å². The molecule has 11 heteroatoms. The Balaban J connectivity index is 1.61. The molecule has 41 heavy (non-hydrogen) atoms. The van der Waals surface area contributed by atoms with E-state index in [1.807, 2.05) is 68.4 Å². The van der Waals surface area contributed by atoms with E-state index in [1.54, 1.807) is 6.92 Å². The van der Waals surface area contributed by atoms with Gasteiger partial charge in [0.15, 0.2) is 0 Å². The van der Waals surface area contributed by atoms with E-state index in [1.165, 1.54) is 0 Å². The predicted octanol–water partition coefficient (Wildman–Crippen LogP) is 1.21. The van der Waals surface area contributed by atoms with Crippen LogP contribution >= 0.6 is 0 Å². The average molecular weight is 582 g/mol. The van der Waals surface area contributed by atoms with Crippen molar-refractivity contribution in [2.24, 2.45) is 5.92 Å². The molecule has 0 saturated carbocycles. The molecule has 4 amide bonds. The second-order valence-electron chi connectivity index (χ2n) is 10.9. The van der Waals surface area contributed by atoms with Crippen LogP contribution in [0.5, 0.6) is 0 Å². The molecule has 0 aromatic heterocycles. The smallest absolute Gasteiger partial charge is 0.315 e. The first-order valence-corrected chi connectivity index (χ1v) is 15.3. The summed E-state index contributed by atoms with van der Waals surface area (Å²) in [4.78, 5) is 54.4. The van der Waals surface area contributed by atoms with Gasteiger partial charge in [0, 0.05) is 42.1 Å². The maximum Gasteiger partial charge on any atom is 0.315 e. The van der Waals surface area contributed by atoms with Crippen LogP contribution in [0.4, 0.5) is 10.5 Å². The zero-order valence-electron chi connectivity index (χ0n) is 24.5. The third kappa shape index (κ3) is 9.43. The minimum atomic E-state index is -1.16. The van der Waals surface area contributed by atoms with Crippen LogP contribution < -0.4 is 26.2 Å². The van der Waals surface area contributed by atoms with Crippen LogP contribution in [0, 0.1) is 5.92 Å². The Morgan fingerprint density at radius 1 is 0.951 bits per heavy atom. The lowest BCUT2D eigenvalue weighted by Gasteiger charge is -2.33. The van der Waals surface area contributed by atoms with E-state index in [-0.39, 0.29) is 18.9 Å². The molecule has 0 radical (unpaired) electrons. The van der Waals surface area contributed by atoms with Gasteiger partial charge in [-0.3, -0.25) is 14.4 Å². The van der Waals surface area contributed by atoms with Crippen molar-refractivity contribution in [3.63, 3.8) is 0 Å². The van der Waals surface area contributed by atoms with Crippen molar-refractivity contribution in [2.45, 2.75) is 57.9 Å². The van der Waals surface area contributed by atoms with Crippen molar-refractivity contribution in [1.82, 2.24) is 21.3 Å². The van der Waals surface area contributed by atoms with Crippen molar-refractivity contribution >= 4 is 39.6 Å². The van der Waals surface area contributed by atoms with Crippen LogP contribution in [-0.4, -0.2) is 71.4 Å². The molecule has 1 aliphatic heterocycles. The minimum Gasteiger partial charge on any atom is -0.378 e. The van der Waals surface area contributed by atoms with Crippen molar-refractivity contribution in [1.29, 1.82) is 0 Å². The Labute approximate surface area is 245 Å². The van der Waals surface area contributed by atoms with E-state index in [9.17, 15) is 19.2 Å². The zero-order chi connectivity index (χ0) is 29.8. The summed E-state index contributed by atoms with van der Waals surface area (Å²) in [6.45, 7) is 8.96. The first-order chi connectivity index (χ1) is 19.6. The largest absolute Gasteiger partial charge is 0.378 e. The molecule has 1 unspecified atom stereocenters. The zero-order valence-corrected chi connectivity index (χ0v) is 26.5. The monoisotopic (exact) mass is 581 g/mol. The normalized spacial score (nSPS) is 15.5. The fraction of sp³-hybridized carbons (Fsp3) is 0.467. The summed E-state index contributed by atoms with van der Waals surface area (Å²) < 4.78 is 5.44. The molecule has 0 spiro atoms. The lowest BCUT2D eigenvalue weighted by Crippen LogP contribution is -2.64. The van der Waals surface area contributed by atoms with Crippen molar-refractivity contribution in [3.8, 4) is 0 Å². The number of benzene rings is 2. The molecule has 3 rings (SSSR count). The summed E-state index contributed by atoms with van der Waals surface area (Å²) in [5.74, 6) is -1.83. The SMILES string of the molecule is CCC(NC(=O)[C@@]([SiH3])(CC(C)C)NC(=O)NCc1ccccc1)C(=O)C(=O)NCc1ccccc1N1CCOCC1. The van der Waals surface area contributed by atoms with Gasteiger partial charge in [-0.2, -0.15) is 0 Å². The number of nitrogens with zero attached hydrogens (tertiary/aromatic N) is 1. The number of carbonyl (C=O) groups excluding carboxylic acids is 4. The third-order valence-electron chi connectivity index (χ3n) is 7.04. The number of ketones is 1. The van der Waals surface area contributed by atoms with Crippen LogP contribution in [0.3, 0.4) is 0 Å². The van der Waals surface area contributed by atoms with Crippen LogP contribution in [-0.2, 0) is 32.2 Å². The number of para-hydroxylation sites is 1. The van der Waals surface area contributed by atoms with Gasteiger partial charge in [-0.15, -0.1) is 0 Å². The lowest BCUT2D eigenvalue weighted by molar-refractivity contribution is -0.140. The second-order valence-corrected chi connectivity index (χ2v) is 12.6. The molecular weight excluding hydrogens is 538 g/mol. The number of hydrogen-bond donors (Lipinski definition) is 4. The molecule has 2 aromatic carbocycles. The van der Waals surface area contributed by atoms with Gasteiger partial charge in [-0.1, -0.05) is 69.3 Å². The Bertz CT molecular complexity index is 1190. The summed E-state index contributed by atoms with van der Waals surface area (Å²) in [7, 11) is 0.303. The van der Waals surface area contributed by atoms with E-state index in [4.69, 9.17) is 4.74 Å². The number of morpholine rings is 1. The van der Waals surface area contributed by atoms with Crippen LogP contribution in [0.25, 0.3) is 0 Å². The Hall–Kier alpha value is -3.70. The maximum absolute atomic E-state index is 13.5. The topological polar surface area (TPSA) is 129 Å². The van der Waals surface area contributed by atoms with Crippen molar-refractivity contribution < 1.29 is 23.9 Å². The number of urea groups is 1. The minimum absolute atomic E-state index is 0.110. The molecule has 1 fully saturated rings. The number of amides is 4. The Kier molecular flexibility index (Phi) is 11.9. The highest BCUT2D eigenvalue weighted by atomic mass is 28.1. The van der Waals surface area contributed by atoms with Crippen LogP contribution in [0.15, 0.2) is 54.6 Å². The van der Waals surface area contributed by atoms with Crippen LogP contribution in [0.2, 0.25) is 0 Å². The highest BCUT2D eigenvalue weighted by molar-refractivity contribution is 6.39. The van der Waals surface area contributed by atoms with Crippen molar-refractivity contribution in [3.05, 3.63) is 65.7 Å². The summed E-state index contributed by atoms with van der Waals surface area (Å²) in [5.41, 5.74) is 2.83. The molecule has 222 valence electrons. The van der Waals surface area contributed by atoms with E-state index in [2.05, 4.69) is 26.2 Å². The summed E-state index contributed by atoms with van der Waals surface area (Å²) in [5, 5.41) is 9.98. The number of anilines is 1. The summed E-state index contributed by atoms with van der Waals surface area (Å²) in [6, 6.07) is 15.8. The van der Waals surface area contributed by atoms with E-state index in [0.717, 1.165) is 29.9 Å². The molecule has 1 saturated heterocycles. The number of carbonyl (C=O) groups is 4. The van der Waals surface area contributed by atoms with Gasteiger partial charge in [-0.25, -0.2) is 4.79 Å². The molecule has 4 N–H and O–H groups in total. The quantitative estimate of drug-likeness (QED) is 0.208. The van der Waals surface area contributed by atoms with E-state index < -0.39 is 34.8 Å². The van der Waals surface area contributed by atoms with E-state index in [0.29, 0.717) is 36.4 Å². The fourth-order valence-corrected chi connectivity index (χ4v) is 6.14. The number of nitrogens with one attached hydrogen (secondary N) is 4. The molecule has 10 nitrogen and oxygen atoms in total. The highest BCUT2D eigenvalue weighted by Crippen LogP contribution is 2.21. The van der Waals surface area contributed by atoms with Gasteiger partial charge in [0.2, 0.25) is 11.7 Å². The van der Waals surface area contributed by atoms with Gasteiger partial charge >= 0.3 is 6.03 Å². The molecule has 1 heterocycles. The summed E-state index contributed by atoms with van der Waals surface area (Å²) in [6.07, 6.45) is 0.640. The molecule has 1 aliphatic rings. The molecule has 0 aliphatic carbocycles. The number of Topliss-reactive ketones (excluding diaryl/α,β-unsaturated/α-hetero) is 1. The molecule has 0 bridgehead atoms. The molecular formula is C30H43N5O5Si. The first-order valence-electron chi connectivity index (χ1n) is 14.3. The third-order valence-corrected chi connectivity index (χ3v) is 8.15. The van der Waals surface area contributed by atoms with E-state index >= 15 is 0 Å². The second kappa shape index (κ2) is 15.3. The standard InChI is InChI=1S/C30H43N5O5Si/c1-4-24(26(36)27(37)31-20-23-12-8-9-13-25(23)35-14-16-40-17-15-35)33-28(38)30(41,18-21(2)3)34-29(39)32-19-22-10-6-5-7-11-22/h5-13,21,24H,4,14-20H2,1-3,41H3,(H,31,37)(H,33,38)(H2,32,34,39)/t24?,30-/m0/s1. The van der Waals surface area contributed by atoms with Gasteiger partial charge in [0.1, 0.15) is 0 Å². The number of rotatable bonds is 13. The molecule has 2 atom stereocenters. The maximum atomic E-state index is 13.5. The molecule has 2 aromatic rings. The number of hydrogen-bond acceptors (Lipinski definition) is 6.